The predicted molar refractivity (Wildman–Crippen MR) is 131 cm³/mol. The first-order chi connectivity index (χ1) is 15.5. The lowest BCUT2D eigenvalue weighted by Gasteiger charge is -2.14. The lowest BCUT2D eigenvalue weighted by molar-refractivity contribution is 0.324. The first-order valence-corrected chi connectivity index (χ1v) is 11.2. The van der Waals surface area contributed by atoms with E-state index in [1.807, 2.05) is 35.3 Å². The molecule has 32 heavy (non-hydrogen) atoms. The molecule has 3 rings (SSSR count). The third-order valence-corrected chi connectivity index (χ3v) is 5.69. The molecule has 0 fully saturated rings. The lowest BCUT2D eigenvalue weighted by atomic mass is 10.1. The fourth-order valence-electron chi connectivity index (χ4n) is 3.11. The van der Waals surface area contributed by atoms with Gasteiger partial charge in [-0.05, 0) is 36.6 Å². The Morgan fingerprint density at radius 2 is 1.72 bits per heavy atom. The average Bonchev–Trinajstić information content (AvgIpc) is 3.23. The van der Waals surface area contributed by atoms with Crippen LogP contribution in [0.1, 0.15) is 25.0 Å². The molecule has 0 bridgehead atoms. The molecular weight excluding hydrogens is 422 g/mol. The predicted octanol–water partition coefficient (Wildman–Crippen LogP) is 5.16. The maximum absolute atomic E-state index is 5.53. The van der Waals surface area contributed by atoms with Crippen LogP contribution >= 0.6 is 11.3 Å². The molecule has 0 saturated carbocycles. The summed E-state index contributed by atoms with van der Waals surface area (Å²) in [7, 11) is 4.80. The van der Waals surface area contributed by atoms with E-state index in [4.69, 9.17) is 24.3 Å². The summed E-state index contributed by atoms with van der Waals surface area (Å²) in [5.41, 5.74) is 5.05. The quantitative estimate of drug-likeness (QED) is 0.333. The molecule has 7 heteroatoms. The van der Waals surface area contributed by atoms with Gasteiger partial charge in [-0.1, -0.05) is 43.3 Å². The number of thiazole rings is 1. The highest BCUT2D eigenvalue weighted by Gasteiger charge is 2.17. The molecule has 0 aliphatic carbocycles. The average molecular weight is 452 g/mol. The summed E-state index contributed by atoms with van der Waals surface area (Å²) in [5.74, 6) is 1.71. The van der Waals surface area contributed by atoms with Gasteiger partial charge in [0, 0.05) is 10.9 Å². The molecule has 1 heterocycles. The Labute approximate surface area is 193 Å². The van der Waals surface area contributed by atoms with Gasteiger partial charge in [-0.2, -0.15) is 5.10 Å². The Bertz CT molecular complexity index is 1150. The van der Waals surface area contributed by atoms with E-state index < -0.39 is 0 Å². The molecule has 0 spiro atoms. The lowest BCUT2D eigenvalue weighted by Crippen LogP contribution is -2.13. The largest absolute Gasteiger partial charge is 0.493 e. The Morgan fingerprint density at radius 1 is 1.06 bits per heavy atom. The van der Waals surface area contributed by atoms with Gasteiger partial charge < -0.3 is 14.2 Å². The van der Waals surface area contributed by atoms with Gasteiger partial charge in [-0.15, -0.1) is 11.3 Å². The molecule has 0 amide bonds. The van der Waals surface area contributed by atoms with Crippen LogP contribution in [0.3, 0.4) is 0 Å². The zero-order chi connectivity index (χ0) is 23.1. The van der Waals surface area contributed by atoms with E-state index in [1.54, 1.807) is 21.3 Å². The number of aryl methyl sites for hydroxylation is 1. The van der Waals surface area contributed by atoms with Gasteiger partial charge in [-0.25, -0.2) is 4.68 Å². The molecule has 0 saturated heterocycles. The number of rotatable bonds is 9. The minimum Gasteiger partial charge on any atom is -0.493 e. The molecule has 0 unspecified atom stereocenters. The minimum atomic E-state index is 0.538. The molecule has 0 aliphatic rings. The Kier molecular flexibility index (Phi) is 7.89. The highest BCUT2D eigenvalue weighted by atomic mass is 32.1. The number of benzene rings is 2. The first-order valence-electron chi connectivity index (χ1n) is 10.3. The second-order valence-corrected chi connectivity index (χ2v) is 8.08. The van der Waals surface area contributed by atoms with E-state index in [9.17, 15) is 0 Å². The highest BCUT2D eigenvalue weighted by molar-refractivity contribution is 7.07. The number of hydrogen-bond donors (Lipinski definition) is 0. The van der Waals surface area contributed by atoms with Gasteiger partial charge in [0.1, 0.15) is 0 Å². The summed E-state index contributed by atoms with van der Waals surface area (Å²) >= 11 is 1.52. The summed E-state index contributed by atoms with van der Waals surface area (Å²) in [6.07, 6.45) is 2.85. The Morgan fingerprint density at radius 3 is 2.25 bits per heavy atom. The minimum absolute atomic E-state index is 0.538. The Hall–Kier alpha value is -3.32. The van der Waals surface area contributed by atoms with E-state index in [0.717, 1.165) is 33.6 Å². The maximum Gasteiger partial charge on any atom is 0.206 e. The van der Waals surface area contributed by atoms with Gasteiger partial charge in [0.2, 0.25) is 10.6 Å². The summed E-state index contributed by atoms with van der Waals surface area (Å²) in [6, 6.07) is 12.2. The van der Waals surface area contributed by atoms with Crippen molar-refractivity contribution >= 4 is 17.6 Å². The van der Waals surface area contributed by atoms with Crippen LogP contribution in [0.15, 0.2) is 64.0 Å². The Balaban J connectivity index is 2.13. The molecule has 3 aromatic rings. The van der Waals surface area contributed by atoms with Crippen LogP contribution in [-0.4, -0.2) is 38.8 Å². The van der Waals surface area contributed by atoms with Crippen LogP contribution < -0.4 is 19.0 Å². The van der Waals surface area contributed by atoms with Crippen molar-refractivity contribution in [2.45, 2.75) is 20.3 Å². The van der Waals surface area contributed by atoms with Crippen LogP contribution in [0.4, 0.5) is 0 Å². The third kappa shape index (κ3) is 5.29. The van der Waals surface area contributed by atoms with Crippen molar-refractivity contribution in [3.05, 3.63) is 69.9 Å². The third-order valence-electron chi connectivity index (χ3n) is 4.84. The van der Waals surface area contributed by atoms with E-state index in [-0.39, 0.29) is 0 Å². The number of nitrogens with zero attached hydrogens (tertiary/aromatic N) is 3. The van der Waals surface area contributed by atoms with Gasteiger partial charge in [0.05, 0.1) is 39.8 Å². The molecule has 0 aliphatic heterocycles. The van der Waals surface area contributed by atoms with Crippen LogP contribution in [0.5, 0.6) is 17.2 Å². The van der Waals surface area contributed by atoms with E-state index in [2.05, 4.69) is 37.8 Å². The van der Waals surface area contributed by atoms with Crippen molar-refractivity contribution in [1.82, 2.24) is 4.68 Å². The topological polar surface area (TPSA) is 57.3 Å². The molecule has 2 aromatic carbocycles. The number of methoxy groups -OCH3 is 3. The van der Waals surface area contributed by atoms with Gasteiger partial charge in [0.25, 0.3) is 0 Å². The number of hydrogen-bond acceptors (Lipinski definition) is 6. The van der Waals surface area contributed by atoms with Crippen molar-refractivity contribution in [2.24, 2.45) is 10.1 Å². The molecule has 1 aromatic heterocycles. The van der Waals surface area contributed by atoms with Crippen LogP contribution in [-0.2, 0) is 6.42 Å². The number of aromatic nitrogens is 1. The van der Waals surface area contributed by atoms with Crippen molar-refractivity contribution < 1.29 is 14.2 Å². The van der Waals surface area contributed by atoms with Crippen molar-refractivity contribution in [2.75, 3.05) is 27.9 Å². The van der Waals surface area contributed by atoms with Crippen LogP contribution in [0.2, 0.25) is 0 Å². The van der Waals surface area contributed by atoms with E-state index >= 15 is 0 Å². The van der Waals surface area contributed by atoms with E-state index in [1.165, 1.54) is 16.9 Å². The second kappa shape index (κ2) is 10.8. The van der Waals surface area contributed by atoms with Crippen LogP contribution in [0.25, 0.3) is 11.3 Å². The fourth-order valence-corrected chi connectivity index (χ4v) is 3.95. The highest BCUT2D eigenvalue weighted by Crippen LogP contribution is 2.41. The smallest absolute Gasteiger partial charge is 0.206 e. The van der Waals surface area contributed by atoms with Gasteiger partial charge >= 0.3 is 0 Å². The van der Waals surface area contributed by atoms with E-state index in [0.29, 0.717) is 23.8 Å². The van der Waals surface area contributed by atoms with Crippen molar-refractivity contribution in [1.29, 1.82) is 0 Å². The van der Waals surface area contributed by atoms with Gasteiger partial charge in [0.15, 0.2) is 11.5 Å². The molecule has 0 N–H and O–H groups in total. The van der Waals surface area contributed by atoms with Crippen molar-refractivity contribution in [3.8, 4) is 28.5 Å². The molecule has 0 radical (unpaired) electrons. The standard InChI is InChI=1S/C25H29N3O3S/c1-7-18-8-10-19(11-9-18)15-27-28-21(16-32-25(28)26-14-17(2)3)20-12-22(29-4)24(31-6)23(13-20)30-5/h8-13,15-16H,2,7,14H2,1,3-6H3. The SMILES string of the molecule is C=C(C)CN=c1scc(-c2cc(OC)c(OC)c(OC)c2)n1N=Cc1ccc(CC)cc1. The zero-order valence-corrected chi connectivity index (χ0v) is 20.0. The van der Waals surface area contributed by atoms with Gasteiger partial charge in [-0.3, -0.25) is 4.99 Å². The molecule has 6 nitrogen and oxygen atoms in total. The summed E-state index contributed by atoms with van der Waals surface area (Å²) in [4.78, 5) is 5.47. The first kappa shape index (κ1) is 23.3. The summed E-state index contributed by atoms with van der Waals surface area (Å²) in [6.45, 7) is 8.59. The summed E-state index contributed by atoms with van der Waals surface area (Å²) < 4.78 is 18.4. The normalized spacial score (nSPS) is 11.7. The maximum atomic E-state index is 5.53. The molecular formula is C25H29N3O3S. The number of ether oxygens (including phenoxy) is 3. The fraction of sp³-hybridized carbons (Fsp3) is 0.280. The second-order valence-electron chi connectivity index (χ2n) is 7.24. The molecule has 168 valence electrons. The van der Waals surface area contributed by atoms with Crippen LogP contribution in [0, 0.1) is 0 Å². The summed E-state index contributed by atoms with van der Waals surface area (Å²) in [5, 5.41) is 6.79. The van der Waals surface area contributed by atoms with Crippen molar-refractivity contribution in [3.63, 3.8) is 0 Å². The molecule has 0 atom stereocenters. The monoisotopic (exact) mass is 451 g/mol. The zero-order valence-electron chi connectivity index (χ0n) is 19.2.